The van der Waals surface area contributed by atoms with Crippen molar-refractivity contribution in [1.82, 2.24) is 5.32 Å². The zero-order valence-corrected chi connectivity index (χ0v) is 16.5. The van der Waals surface area contributed by atoms with Crippen molar-refractivity contribution in [3.05, 3.63) is 53.6 Å². The summed E-state index contributed by atoms with van der Waals surface area (Å²) in [5, 5.41) is 8.42. The molecule has 6 nitrogen and oxygen atoms in total. The van der Waals surface area contributed by atoms with Gasteiger partial charge in [0.25, 0.3) is 5.91 Å². The molecule has 6 heteroatoms. The zero-order chi connectivity index (χ0) is 20.1. The molecule has 148 valence electrons. The van der Waals surface area contributed by atoms with Crippen molar-refractivity contribution in [3.8, 4) is 5.75 Å². The van der Waals surface area contributed by atoms with Crippen LogP contribution in [0.3, 0.4) is 0 Å². The molecule has 3 amide bonds. The molecule has 28 heavy (non-hydrogen) atoms. The summed E-state index contributed by atoms with van der Waals surface area (Å²) in [5.74, 6) is 0.894. The van der Waals surface area contributed by atoms with Crippen LogP contribution in [-0.2, 0) is 4.79 Å². The monoisotopic (exact) mass is 381 g/mol. The van der Waals surface area contributed by atoms with Crippen LogP contribution in [0.4, 0.5) is 16.2 Å². The largest absolute Gasteiger partial charge is 0.484 e. The lowest BCUT2D eigenvalue weighted by Crippen LogP contribution is -2.30. The maximum absolute atomic E-state index is 12.1. The third-order valence-corrected chi connectivity index (χ3v) is 4.57. The van der Waals surface area contributed by atoms with Gasteiger partial charge in [-0.1, -0.05) is 19.9 Å². The molecule has 3 N–H and O–H groups in total. The lowest BCUT2D eigenvalue weighted by atomic mass is 9.98. The van der Waals surface area contributed by atoms with Crippen molar-refractivity contribution in [2.24, 2.45) is 0 Å². The number of hydrogen-bond donors (Lipinski definition) is 3. The van der Waals surface area contributed by atoms with Gasteiger partial charge in [0.2, 0.25) is 0 Å². The Balaban J connectivity index is 1.46. The first-order chi connectivity index (χ1) is 13.4. The molecular formula is C22H27N3O3. The molecule has 2 aromatic carbocycles. The number of carbonyl (C=O) groups is 2. The van der Waals surface area contributed by atoms with Crippen LogP contribution >= 0.6 is 0 Å². The quantitative estimate of drug-likeness (QED) is 0.664. The van der Waals surface area contributed by atoms with Gasteiger partial charge >= 0.3 is 6.03 Å². The average Bonchev–Trinajstić information content (AvgIpc) is 3.45. The van der Waals surface area contributed by atoms with Crippen LogP contribution in [0.1, 0.15) is 43.7 Å². The second-order valence-corrected chi connectivity index (χ2v) is 7.46. The molecule has 0 spiro atoms. The lowest BCUT2D eigenvalue weighted by molar-refractivity contribution is -0.118. The fourth-order valence-electron chi connectivity index (χ4n) is 2.95. The molecule has 1 fully saturated rings. The van der Waals surface area contributed by atoms with Gasteiger partial charge < -0.3 is 20.7 Å². The van der Waals surface area contributed by atoms with Crippen molar-refractivity contribution in [1.29, 1.82) is 0 Å². The third kappa shape index (κ3) is 5.74. The maximum atomic E-state index is 12.1. The molecule has 1 saturated carbocycles. The first-order valence-corrected chi connectivity index (χ1v) is 9.61. The van der Waals surface area contributed by atoms with Crippen LogP contribution in [0, 0.1) is 6.92 Å². The number of anilines is 2. The Kier molecular flexibility index (Phi) is 6.19. The van der Waals surface area contributed by atoms with E-state index < -0.39 is 0 Å². The summed E-state index contributed by atoms with van der Waals surface area (Å²) < 4.78 is 5.60. The van der Waals surface area contributed by atoms with E-state index in [4.69, 9.17) is 4.74 Å². The molecule has 0 heterocycles. The Morgan fingerprint density at radius 2 is 1.68 bits per heavy atom. The highest BCUT2D eigenvalue weighted by Gasteiger charge is 2.23. The van der Waals surface area contributed by atoms with Crippen LogP contribution in [0.5, 0.6) is 5.75 Å². The molecule has 1 aliphatic rings. The Bertz CT molecular complexity index is 843. The van der Waals surface area contributed by atoms with Crippen molar-refractivity contribution < 1.29 is 14.3 Å². The van der Waals surface area contributed by atoms with Gasteiger partial charge in [-0.15, -0.1) is 0 Å². The van der Waals surface area contributed by atoms with E-state index in [0.29, 0.717) is 29.1 Å². The number of carbonyl (C=O) groups excluding carboxylic acids is 2. The van der Waals surface area contributed by atoms with Gasteiger partial charge in [0.05, 0.1) is 0 Å². The summed E-state index contributed by atoms with van der Waals surface area (Å²) in [6.45, 7) is 6.28. The van der Waals surface area contributed by atoms with E-state index in [0.717, 1.165) is 18.4 Å². The molecule has 0 bridgehead atoms. The predicted octanol–water partition coefficient (Wildman–Crippen LogP) is 4.42. The molecule has 0 aliphatic heterocycles. The normalized spacial score (nSPS) is 13.1. The summed E-state index contributed by atoms with van der Waals surface area (Å²) >= 11 is 0. The molecule has 0 radical (unpaired) electrons. The number of nitrogens with one attached hydrogen (secondary N) is 3. The maximum Gasteiger partial charge on any atom is 0.319 e. The van der Waals surface area contributed by atoms with E-state index >= 15 is 0 Å². The number of hydrogen-bond acceptors (Lipinski definition) is 3. The molecule has 0 aromatic heterocycles. The topological polar surface area (TPSA) is 79.5 Å². The van der Waals surface area contributed by atoms with Crippen molar-refractivity contribution in [2.45, 2.75) is 45.6 Å². The van der Waals surface area contributed by atoms with Gasteiger partial charge in [-0.3, -0.25) is 4.79 Å². The van der Waals surface area contributed by atoms with Gasteiger partial charge in [0, 0.05) is 17.4 Å². The Hall–Kier alpha value is -3.02. The van der Waals surface area contributed by atoms with Gasteiger partial charge in [-0.2, -0.15) is 0 Å². The zero-order valence-electron chi connectivity index (χ0n) is 16.5. The second-order valence-electron chi connectivity index (χ2n) is 7.46. The van der Waals surface area contributed by atoms with Gasteiger partial charge in [-0.25, -0.2) is 4.79 Å². The Labute approximate surface area is 165 Å². The van der Waals surface area contributed by atoms with Crippen LogP contribution in [0.25, 0.3) is 0 Å². The number of rotatable bonds is 7. The van der Waals surface area contributed by atoms with Crippen molar-refractivity contribution in [2.75, 3.05) is 17.2 Å². The fourth-order valence-corrected chi connectivity index (χ4v) is 2.95. The molecule has 3 rings (SSSR count). The standard InChI is InChI=1S/C22H27N3O3/c1-14(2)20-11-10-19(12-15(20)3)28-13-21(26)23-16-4-6-17(7-5-16)24-22(27)25-18-8-9-18/h4-7,10-12,14,18H,8-9,13H2,1-3H3,(H,23,26)(H2,24,25,27). The van der Waals surface area contributed by atoms with Crippen LogP contribution in [-0.4, -0.2) is 24.6 Å². The predicted molar refractivity (Wildman–Crippen MR) is 111 cm³/mol. The van der Waals surface area contributed by atoms with E-state index in [2.05, 4.69) is 29.8 Å². The molecule has 2 aromatic rings. The molecule has 0 saturated heterocycles. The highest BCUT2D eigenvalue weighted by Crippen LogP contribution is 2.23. The number of urea groups is 1. The second kappa shape index (κ2) is 8.78. The van der Waals surface area contributed by atoms with E-state index in [-0.39, 0.29) is 18.5 Å². The van der Waals surface area contributed by atoms with Crippen molar-refractivity contribution in [3.63, 3.8) is 0 Å². The van der Waals surface area contributed by atoms with Gasteiger partial charge in [0.1, 0.15) is 5.75 Å². The number of ether oxygens (including phenoxy) is 1. The smallest absolute Gasteiger partial charge is 0.319 e. The van der Waals surface area contributed by atoms with Crippen LogP contribution < -0.4 is 20.7 Å². The minimum Gasteiger partial charge on any atom is -0.484 e. The number of benzene rings is 2. The van der Waals surface area contributed by atoms with Gasteiger partial charge in [0.15, 0.2) is 6.61 Å². The average molecular weight is 381 g/mol. The SMILES string of the molecule is Cc1cc(OCC(=O)Nc2ccc(NC(=O)NC3CC3)cc2)ccc1C(C)C. The van der Waals surface area contributed by atoms with Crippen LogP contribution in [0.15, 0.2) is 42.5 Å². The summed E-state index contributed by atoms with van der Waals surface area (Å²) in [6.07, 6.45) is 2.09. The lowest BCUT2D eigenvalue weighted by Gasteiger charge is -2.12. The molecule has 1 aliphatic carbocycles. The first kappa shape index (κ1) is 19.7. The summed E-state index contributed by atoms with van der Waals surface area (Å²) in [7, 11) is 0. The minimum absolute atomic E-state index is 0.0652. The van der Waals surface area contributed by atoms with E-state index in [9.17, 15) is 9.59 Å². The van der Waals surface area contributed by atoms with E-state index in [1.807, 2.05) is 25.1 Å². The van der Waals surface area contributed by atoms with Crippen LogP contribution in [0.2, 0.25) is 0 Å². The molecule has 0 atom stereocenters. The van der Waals surface area contributed by atoms with E-state index in [1.54, 1.807) is 24.3 Å². The van der Waals surface area contributed by atoms with Crippen molar-refractivity contribution >= 4 is 23.3 Å². The highest BCUT2D eigenvalue weighted by atomic mass is 16.5. The summed E-state index contributed by atoms with van der Waals surface area (Å²) in [6, 6.07) is 13.0. The molecule has 0 unspecified atom stereocenters. The van der Waals surface area contributed by atoms with E-state index in [1.165, 1.54) is 5.56 Å². The summed E-state index contributed by atoms with van der Waals surface area (Å²) in [4.78, 5) is 23.8. The Morgan fingerprint density at radius 3 is 2.25 bits per heavy atom. The number of amides is 3. The minimum atomic E-state index is -0.238. The first-order valence-electron chi connectivity index (χ1n) is 9.61. The van der Waals surface area contributed by atoms with Gasteiger partial charge in [-0.05, 0) is 73.2 Å². The highest BCUT2D eigenvalue weighted by molar-refractivity contribution is 5.93. The fraction of sp³-hybridized carbons (Fsp3) is 0.364. The Morgan fingerprint density at radius 1 is 1.04 bits per heavy atom. The number of aryl methyl sites for hydroxylation is 1. The molecular weight excluding hydrogens is 354 g/mol. The third-order valence-electron chi connectivity index (χ3n) is 4.57. The summed E-state index contributed by atoms with van der Waals surface area (Å²) in [5.41, 5.74) is 3.75.